The second-order valence-corrected chi connectivity index (χ2v) is 4.24. The highest BCUT2D eigenvalue weighted by atomic mass is 32.2. The number of aromatic nitrogens is 4. The topological polar surface area (TPSA) is 117 Å². The van der Waals surface area contributed by atoms with Gasteiger partial charge in [0.15, 0.2) is 11.5 Å². The van der Waals surface area contributed by atoms with Crippen LogP contribution < -0.4 is 5.73 Å². The third-order valence-corrected chi connectivity index (χ3v) is 2.87. The van der Waals surface area contributed by atoms with E-state index in [1.54, 1.807) is 6.92 Å². The van der Waals surface area contributed by atoms with Crippen LogP contribution in [-0.2, 0) is 10.5 Å². The van der Waals surface area contributed by atoms with E-state index in [4.69, 9.17) is 15.0 Å². The van der Waals surface area contributed by atoms with Crippen molar-refractivity contribution in [2.24, 2.45) is 0 Å². The Kier molecular flexibility index (Phi) is 4.29. The van der Waals surface area contributed by atoms with Gasteiger partial charge in [0.2, 0.25) is 5.89 Å². The van der Waals surface area contributed by atoms with Gasteiger partial charge >= 0.3 is 5.97 Å². The Morgan fingerprint density at radius 1 is 1.53 bits per heavy atom. The fraction of sp³-hybridized carbons (Fsp3) is 0.300. The fourth-order valence-electron chi connectivity index (χ4n) is 1.20. The fourth-order valence-corrected chi connectivity index (χ4v) is 1.87. The Morgan fingerprint density at radius 2 is 2.37 bits per heavy atom. The van der Waals surface area contributed by atoms with E-state index in [1.807, 2.05) is 0 Å². The minimum Gasteiger partial charge on any atom is -0.462 e. The molecule has 0 radical (unpaired) electrons. The SMILES string of the molecule is CCOC(=O)c1cnc(SCc2ncno2)nc1N. The van der Waals surface area contributed by atoms with Crippen LogP contribution in [0, 0.1) is 0 Å². The van der Waals surface area contributed by atoms with Gasteiger partial charge in [-0.15, -0.1) is 0 Å². The first-order valence-corrected chi connectivity index (χ1v) is 6.37. The van der Waals surface area contributed by atoms with Crippen LogP contribution in [0.25, 0.3) is 0 Å². The molecule has 19 heavy (non-hydrogen) atoms. The first-order chi connectivity index (χ1) is 9.20. The van der Waals surface area contributed by atoms with E-state index in [0.29, 0.717) is 16.8 Å². The average molecular weight is 281 g/mol. The van der Waals surface area contributed by atoms with Crippen molar-refractivity contribution >= 4 is 23.5 Å². The highest BCUT2D eigenvalue weighted by Gasteiger charge is 2.14. The number of carbonyl (C=O) groups excluding carboxylic acids is 1. The number of hydrogen-bond donors (Lipinski definition) is 1. The Hall–Kier alpha value is -2.16. The van der Waals surface area contributed by atoms with Crippen LogP contribution in [0.15, 0.2) is 22.2 Å². The Bertz CT molecular complexity index is 560. The molecule has 9 heteroatoms. The van der Waals surface area contributed by atoms with E-state index in [2.05, 4.69) is 20.1 Å². The van der Waals surface area contributed by atoms with Crippen LogP contribution in [0.2, 0.25) is 0 Å². The number of nitrogens with two attached hydrogens (primary N) is 1. The second-order valence-electron chi connectivity index (χ2n) is 3.30. The highest BCUT2D eigenvalue weighted by Crippen LogP contribution is 2.20. The molecule has 100 valence electrons. The number of hydrogen-bond acceptors (Lipinski definition) is 9. The molecule has 0 aromatic carbocycles. The first-order valence-electron chi connectivity index (χ1n) is 5.38. The predicted octanol–water partition coefficient (Wildman–Crippen LogP) is 0.911. The number of rotatable bonds is 5. The van der Waals surface area contributed by atoms with Crippen LogP contribution in [0.5, 0.6) is 0 Å². The van der Waals surface area contributed by atoms with Gasteiger partial charge in [0.25, 0.3) is 0 Å². The lowest BCUT2D eigenvalue weighted by Crippen LogP contribution is -2.10. The number of thioether (sulfide) groups is 1. The Balaban J connectivity index is 2.04. The summed E-state index contributed by atoms with van der Waals surface area (Å²) in [7, 11) is 0. The second kappa shape index (κ2) is 6.14. The summed E-state index contributed by atoms with van der Waals surface area (Å²) in [5, 5.41) is 3.90. The lowest BCUT2D eigenvalue weighted by molar-refractivity contribution is 0.0526. The van der Waals surface area contributed by atoms with Crippen molar-refractivity contribution in [1.82, 2.24) is 20.1 Å². The average Bonchev–Trinajstić information content (AvgIpc) is 2.89. The van der Waals surface area contributed by atoms with Gasteiger partial charge in [-0.25, -0.2) is 14.8 Å². The predicted molar refractivity (Wildman–Crippen MR) is 66.3 cm³/mol. The molecule has 2 rings (SSSR count). The first kappa shape index (κ1) is 13.3. The van der Waals surface area contributed by atoms with Gasteiger partial charge in [0, 0.05) is 6.20 Å². The summed E-state index contributed by atoms with van der Waals surface area (Å²) in [6.07, 6.45) is 2.66. The molecular formula is C10H11N5O3S. The summed E-state index contributed by atoms with van der Waals surface area (Å²) in [6.45, 7) is 1.98. The maximum Gasteiger partial charge on any atom is 0.343 e. The Morgan fingerprint density at radius 3 is 3.00 bits per heavy atom. The molecule has 2 aromatic heterocycles. The van der Waals surface area contributed by atoms with Crippen molar-refractivity contribution < 1.29 is 14.1 Å². The van der Waals surface area contributed by atoms with Gasteiger partial charge in [-0.3, -0.25) is 0 Å². The summed E-state index contributed by atoms with van der Waals surface area (Å²) >= 11 is 1.28. The number of nitrogens with zero attached hydrogens (tertiary/aromatic N) is 4. The summed E-state index contributed by atoms with van der Waals surface area (Å²) < 4.78 is 9.66. The molecule has 0 spiro atoms. The normalized spacial score (nSPS) is 10.4. The van der Waals surface area contributed by atoms with E-state index in [0.717, 1.165) is 0 Å². The molecule has 0 bridgehead atoms. The molecule has 0 aliphatic heterocycles. The van der Waals surface area contributed by atoms with E-state index in [-0.39, 0.29) is 18.0 Å². The van der Waals surface area contributed by atoms with Crippen LogP contribution in [0.4, 0.5) is 5.82 Å². The zero-order valence-corrected chi connectivity index (χ0v) is 10.9. The van der Waals surface area contributed by atoms with Crippen molar-refractivity contribution in [1.29, 1.82) is 0 Å². The quantitative estimate of drug-likeness (QED) is 0.484. The molecule has 8 nitrogen and oxygen atoms in total. The molecule has 0 saturated carbocycles. The third-order valence-electron chi connectivity index (χ3n) is 2.02. The zero-order chi connectivity index (χ0) is 13.7. The molecule has 0 aliphatic rings. The molecule has 0 saturated heterocycles. The largest absolute Gasteiger partial charge is 0.462 e. The number of esters is 1. The van der Waals surface area contributed by atoms with Crippen molar-refractivity contribution in [2.75, 3.05) is 12.3 Å². The van der Waals surface area contributed by atoms with E-state index >= 15 is 0 Å². The van der Waals surface area contributed by atoms with Gasteiger partial charge in [-0.1, -0.05) is 16.9 Å². The molecule has 2 aromatic rings. The monoisotopic (exact) mass is 281 g/mol. The highest BCUT2D eigenvalue weighted by molar-refractivity contribution is 7.98. The van der Waals surface area contributed by atoms with Gasteiger partial charge in [-0.05, 0) is 6.92 Å². The minimum atomic E-state index is -0.534. The summed E-state index contributed by atoms with van der Waals surface area (Å²) in [5.74, 6) is 0.439. The molecule has 0 atom stereocenters. The third kappa shape index (κ3) is 3.41. The molecule has 2 heterocycles. The van der Waals surface area contributed by atoms with Gasteiger partial charge < -0.3 is 15.0 Å². The van der Waals surface area contributed by atoms with Crippen LogP contribution in [0.1, 0.15) is 23.2 Å². The summed E-state index contributed by atoms with van der Waals surface area (Å²) in [5.41, 5.74) is 5.84. The number of ether oxygens (including phenoxy) is 1. The lowest BCUT2D eigenvalue weighted by atomic mass is 10.3. The molecule has 2 N–H and O–H groups in total. The number of anilines is 1. The summed E-state index contributed by atoms with van der Waals surface area (Å²) in [4.78, 5) is 23.4. The Labute approximate surface area is 112 Å². The van der Waals surface area contributed by atoms with Crippen LogP contribution in [-0.4, -0.2) is 32.7 Å². The smallest absolute Gasteiger partial charge is 0.343 e. The van der Waals surface area contributed by atoms with Crippen molar-refractivity contribution in [3.63, 3.8) is 0 Å². The molecule has 0 amide bonds. The minimum absolute atomic E-state index is 0.0847. The van der Waals surface area contributed by atoms with E-state index in [1.165, 1.54) is 24.3 Å². The summed E-state index contributed by atoms with van der Waals surface area (Å²) in [6, 6.07) is 0. The van der Waals surface area contributed by atoms with Crippen molar-refractivity contribution in [2.45, 2.75) is 17.8 Å². The number of carbonyl (C=O) groups is 1. The maximum absolute atomic E-state index is 11.5. The van der Waals surface area contributed by atoms with Gasteiger partial charge in [0.05, 0.1) is 12.4 Å². The molecule has 0 fully saturated rings. The van der Waals surface area contributed by atoms with E-state index < -0.39 is 5.97 Å². The van der Waals surface area contributed by atoms with E-state index in [9.17, 15) is 4.79 Å². The van der Waals surface area contributed by atoms with Crippen LogP contribution in [0.3, 0.4) is 0 Å². The van der Waals surface area contributed by atoms with Crippen molar-refractivity contribution in [3.05, 3.63) is 24.0 Å². The zero-order valence-electron chi connectivity index (χ0n) is 10.1. The van der Waals surface area contributed by atoms with Gasteiger partial charge in [-0.2, -0.15) is 4.98 Å². The lowest BCUT2D eigenvalue weighted by Gasteiger charge is -2.05. The molecule has 0 unspecified atom stereocenters. The van der Waals surface area contributed by atoms with Crippen molar-refractivity contribution in [3.8, 4) is 0 Å². The number of nitrogen functional groups attached to an aromatic ring is 1. The standard InChI is InChI=1S/C10H11N5O3S/c1-2-17-9(16)6-3-12-10(15-8(6)11)19-4-7-13-5-14-18-7/h3,5H,2,4H2,1H3,(H2,11,12,15). The van der Waals surface area contributed by atoms with Crippen LogP contribution >= 0.6 is 11.8 Å². The molecular weight excluding hydrogens is 270 g/mol. The van der Waals surface area contributed by atoms with Gasteiger partial charge in [0.1, 0.15) is 11.4 Å². The molecule has 0 aliphatic carbocycles. The maximum atomic E-state index is 11.5.